The van der Waals surface area contributed by atoms with E-state index in [0.717, 1.165) is 55.7 Å². The molecule has 1 heterocycles. The van der Waals surface area contributed by atoms with E-state index >= 15 is 0 Å². The van der Waals surface area contributed by atoms with Crippen LogP contribution in [0.2, 0.25) is 0 Å². The van der Waals surface area contributed by atoms with E-state index in [1.54, 1.807) is 0 Å². The van der Waals surface area contributed by atoms with E-state index in [0.29, 0.717) is 12.3 Å². The highest BCUT2D eigenvalue weighted by Crippen LogP contribution is 2.21. The van der Waals surface area contributed by atoms with Gasteiger partial charge in [0.15, 0.2) is 0 Å². The minimum absolute atomic E-state index is 0.0940. The molecule has 3 aromatic carbocycles. The van der Waals surface area contributed by atoms with Crippen LogP contribution in [0.5, 0.6) is 0 Å². The molecule has 4 rings (SSSR count). The number of amides is 1. The lowest BCUT2D eigenvalue weighted by atomic mass is 10.0. The Bertz CT molecular complexity index is 1190. The first-order valence-electron chi connectivity index (χ1n) is 12.4. The van der Waals surface area contributed by atoms with Gasteiger partial charge in [-0.05, 0) is 47.6 Å². The van der Waals surface area contributed by atoms with Crippen molar-refractivity contribution in [2.24, 2.45) is 0 Å². The molecule has 34 heavy (non-hydrogen) atoms. The molecule has 0 aliphatic rings. The predicted octanol–water partition coefficient (Wildman–Crippen LogP) is 6.28. The Morgan fingerprint density at radius 2 is 1.59 bits per heavy atom. The van der Waals surface area contributed by atoms with Crippen molar-refractivity contribution in [2.45, 2.75) is 58.4 Å². The molecule has 0 saturated heterocycles. The third-order valence-corrected chi connectivity index (χ3v) is 6.33. The highest BCUT2D eigenvalue weighted by molar-refractivity contribution is 5.78. The average molecular weight is 454 g/mol. The number of unbranched alkanes of at least 4 members (excludes halogenated alkanes) is 2. The number of para-hydroxylation sites is 2. The molecular weight excluding hydrogens is 418 g/mol. The van der Waals surface area contributed by atoms with Crippen LogP contribution in [0.1, 0.15) is 61.5 Å². The number of carbonyl (C=O) groups is 1. The van der Waals surface area contributed by atoms with Gasteiger partial charge in [0.2, 0.25) is 5.91 Å². The van der Waals surface area contributed by atoms with Gasteiger partial charge in [-0.3, -0.25) is 4.79 Å². The molecule has 1 N–H and O–H groups in total. The Morgan fingerprint density at radius 1 is 0.853 bits per heavy atom. The van der Waals surface area contributed by atoms with Crippen LogP contribution in [0.4, 0.5) is 0 Å². The molecule has 176 valence electrons. The van der Waals surface area contributed by atoms with Crippen molar-refractivity contribution in [1.82, 2.24) is 14.9 Å². The van der Waals surface area contributed by atoms with Gasteiger partial charge in [-0.1, -0.05) is 87.0 Å². The monoisotopic (exact) mass is 453 g/mol. The molecule has 1 aromatic heterocycles. The highest BCUT2D eigenvalue weighted by atomic mass is 16.1. The largest absolute Gasteiger partial charge is 0.356 e. The molecule has 0 fully saturated rings. The zero-order chi connectivity index (χ0) is 23.8. The summed E-state index contributed by atoms with van der Waals surface area (Å²) in [6.07, 6.45) is 4.50. The van der Waals surface area contributed by atoms with Crippen molar-refractivity contribution in [3.63, 3.8) is 0 Å². The van der Waals surface area contributed by atoms with Crippen molar-refractivity contribution in [3.05, 3.63) is 101 Å². The summed E-state index contributed by atoms with van der Waals surface area (Å²) in [4.78, 5) is 17.1. The number of benzene rings is 3. The molecule has 4 aromatic rings. The third kappa shape index (κ3) is 6.34. The van der Waals surface area contributed by atoms with Crippen LogP contribution in [0.15, 0.2) is 78.9 Å². The molecule has 0 saturated carbocycles. The first-order valence-corrected chi connectivity index (χ1v) is 12.4. The number of aryl methyl sites for hydroxylation is 1. The highest BCUT2D eigenvalue weighted by Gasteiger charge is 2.11. The Labute approximate surface area is 203 Å². The van der Waals surface area contributed by atoms with Crippen molar-refractivity contribution < 1.29 is 4.79 Å². The summed E-state index contributed by atoms with van der Waals surface area (Å²) in [5, 5.41) is 3.05. The normalized spacial score (nSPS) is 11.3. The fourth-order valence-corrected chi connectivity index (χ4v) is 4.34. The van der Waals surface area contributed by atoms with Crippen molar-refractivity contribution in [2.75, 3.05) is 6.54 Å². The summed E-state index contributed by atoms with van der Waals surface area (Å²) in [5.41, 5.74) is 5.98. The maximum absolute atomic E-state index is 12.1. The van der Waals surface area contributed by atoms with E-state index in [9.17, 15) is 4.79 Å². The number of nitrogens with zero attached hydrogens (tertiary/aromatic N) is 2. The minimum atomic E-state index is 0.0940. The van der Waals surface area contributed by atoms with Crippen LogP contribution >= 0.6 is 0 Å². The first-order chi connectivity index (χ1) is 16.6. The fourth-order valence-electron chi connectivity index (χ4n) is 4.34. The topological polar surface area (TPSA) is 46.9 Å². The minimum Gasteiger partial charge on any atom is -0.356 e. The Kier molecular flexibility index (Phi) is 8.13. The molecule has 4 nitrogen and oxygen atoms in total. The summed E-state index contributed by atoms with van der Waals surface area (Å²) in [7, 11) is 0. The van der Waals surface area contributed by atoms with E-state index in [2.05, 4.69) is 72.3 Å². The molecule has 0 aliphatic carbocycles. The summed E-state index contributed by atoms with van der Waals surface area (Å²) >= 11 is 0. The lowest BCUT2D eigenvalue weighted by Crippen LogP contribution is -2.26. The first kappa shape index (κ1) is 23.7. The molecule has 0 spiro atoms. The van der Waals surface area contributed by atoms with Crippen LogP contribution < -0.4 is 5.32 Å². The number of hydrogen-bond acceptors (Lipinski definition) is 2. The van der Waals surface area contributed by atoms with E-state index in [1.165, 1.54) is 16.6 Å². The second kappa shape index (κ2) is 11.6. The molecule has 1 amide bonds. The van der Waals surface area contributed by atoms with Crippen LogP contribution in [-0.2, 0) is 24.2 Å². The van der Waals surface area contributed by atoms with Crippen LogP contribution in [0.25, 0.3) is 11.0 Å². The number of fused-ring (bicyclic) bond motifs is 1. The number of aromatic nitrogens is 2. The predicted molar refractivity (Wildman–Crippen MR) is 140 cm³/mol. The van der Waals surface area contributed by atoms with Gasteiger partial charge in [0.05, 0.1) is 17.5 Å². The molecular formula is C30H35N3O. The smallest absolute Gasteiger partial charge is 0.224 e. The summed E-state index contributed by atoms with van der Waals surface area (Å²) in [6, 6.07) is 27.3. The fraction of sp³-hybridized carbons (Fsp3) is 0.333. The van der Waals surface area contributed by atoms with E-state index in [4.69, 9.17) is 4.98 Å². The number of nitrogens with one attached hydrogen (secondary N) is 1. The SMILES string of the molecule is CC(C)c1ccc(Cn2c(CCCCCNC(=O)Cc3ccccc3)nc3ccccc32)cc1. The van der Waals surface area contributed by atoms with Gasteiger partial charge >= 0.3 is 0 Å². The molecule has 0 atom stereocenters. The second-order valence-corrected chi connectivity index (χ2v) is 9.32. The zero-order valence-electron chi connectivity index (χ0n) is 20.3. The number of rotatable bonds is 11. The molecule has 0 radical (unpaired) electrons. The van der Waals surface area contributed by atoms with E-state index in [-0.39, 0.29) is 5.91 Å². The van der Waals surface area contributed by atoms with Gasteiger partial charge in [0.1, 0.15) is 5.82 Å². The van der Waals surface area contributed by atoms with Gasteiger partial charge < -0.3 is 9.88 Å². The maximum Gasteiger partial charge on any atom is 0.224 e. The van der Waals surface area contributed by atoms with Crippen LogP contribution in [0, 0.1) is 0 Å². The lowest BCUT2D eigenvalue weighted by Gasteiger charge is -2.11. The number of imidazole rings is 1. The number of hydrogen-bond donors (Lipinski definition) is 1. The van der Waals surface area contributed by atoms with Crippen molar-refractivity contribution in [3.8, 4) is 0 Å². The third-order valence-electron chi connectivity index (χ3n) is 6.33. The van der Waals surface area contributed by atoms with Crippen LogP contribution in [0.3, 0.4) is 0 Å². The lowest BCUT2D eigenvalue weighted by molar-refractivity contribution is -0.120. The summed E-state index contributed by atoms with van der Waals surface area (Å²) in [5.74, 6) is 1.78. The summed E-state index contributed by atoms with van der Waals surface area (Å²) in [6.45, 7) is 6.02. The summed E-state index contributed by atoms with van der Waals surface area (Å²) < 4.78 is 2.36. The Hall–Kier alpha value is -3.40. The Morgan fingerprint density at radius 3 is 2.35 bits per heavy atom. The van der Waals surface area contributed by atoms with Crippen LogP contribution in [-0.4, -0.2) is 22.0 Å². The van der Waals surface area contributed by atoms with Gasteiger partial charge in [0, 0.05) is 19.5 Å². The van der Waals surface area contributed by atoms with Gasteiger partial charge in [-0.15, -0.1) is 0 Å². The molecule has 4 heteroatoms. The molecule has 0 bridgehead atoms. The molecule has 0 unspecified atom stereocenters. The number of carbonyl (C=O) groups excluding carboxylic acids is 1. The van der Waals surface area contributed by atoms with Gasteiger partial charge in [-0.2, -0.15) is 0 Å². The Balaban J connectivity index is 1.30. The van der Waals surface area contributed by atoms with Crippen molar-refractivity contribution in [1.29, 1.82) is 0 Å². The quantitative estimate of drug-likeness (QED) is 0.272. The molecule has 0 aliphatic heterocycles. The standard InChI is InChI=1S/C30H35N3O/c1-23(2)26-18-16-25(17-19-26)22-33-28-14-9-8-13-27(28)32-29(33)15-7-4-10-20-31-30(34)21-24-11-5-3-6-12-24/h3,5-6,8-9,11-14,16-19,23H,4,7,10,15,20-22H2,1-2H3,(H,31,34). The van der Waals surface area contributed by atoms with Gasteiger partial charge in [0.25, 0.3) is 0 Å². The maximum atomic E-state index is 12.1. The van der Waals surface area contributed by atoms with E-state index in [1.807, 2.05) is 30.3 Å². The second-order valence-electron chi connectivity index (χ2n) is 9.32. The van der Waals surface area contributed by atoms with Gasteiger partial charge in [-0.25, -0.2) is 4.98 Å². The van der Waals surface area contributed by atoms with E-state index < -0.39 is 0 Å². The van der Waals surface area contributed by atoms with Crippen molar-refractivity contribution >= 4 is 16.9 Å². The zero-order valence-corrected chi connectivity index (χ0v) is 20.3. The average Bonchev–Trinajstić information content (AvgIpc) is 3.19.